The molecule has 3 nitrogen and oxygen atoms in total. The first-order valence-corrected chi connectivity index (χ1v) is 7.26. The average Bonchev–Trinajstić information content (AvgIpc) is 2.27. The molecule has 1 aromatic carbocycles. The molecule has 0 spiro atoms. The first-order valence-electron chi connectivity index (χ1n) is 5.77. The van der Waals surface area contributed by atoms with Crippen LogP contribution in [0.5, 0.6) is 5.75 Å². The summed E-state index contributed by atoms with van der Waals surface area (Å²) in [4.78, 5) is 0. The predicted octanol–water partition coefficient (Wildman–Crippen LogP) is 2.06. The molecule has 0 bridgehead atoms. The van der Waals surface area contributed by atoms with Gasteiger partial charge < -0.3 is 10.5 Å². The summed E-state index contributed by atoms with van der Waals surface area (Å²) in [5, 5.41) is 0. The van der Waals surface area contributed by atoms with E-state index in [1.807, 2.05) is 18.2 Å². The van der Waals surface area contributed by atoms with Gasteiger partial charge in [0.05, 0.1) is 7.11 Å². The van der Waals surface area contributed by atoms with Gasteiger partial charge in [0, 0.05) is 34.4 Å². The van der Waals surface area contributed by atoms with Gasteiger partial charge in [0.2, 0.25) is 0 Å². The van der Waals surface area contributed by atoms with Crippen LogP contribution >= 0.6 is 0 Å². The Balaban J connectivity index is 2.75. The molecule has 17 heavy (non-hydrogen) atoms. The zero-order valence-corrected chi connectivity index (χ0v) is 11.5. The predicted molar refractivity (Wildman–Crippen MR) is 72.4 cm³/mol. The Bertz CT molecular complexity index is 391. The van der Waals surface area contributed by atoms with E-state index < -0.39 is 10.8 Å². The van der Waals surface area contributed by atoms with E-state index in [1.54, 1.807) is 7.11 Å². The van der Waals surface area contributed by atoms with Crippen molar-refractivity contribution in [3.8, 4) is 5.75 Å². The lowest BCUT2D eigenvalue weighted by atomic mass is 10.1. The SMILES string of the molecule is COc1ccc(CS(=O)CC(C)C)cc1CN. The topological polar surface area (TPSA) is 52.3 Å². The molecule has 4 heteroatoms. The van der Waals surface area contributed by atoms with E-state index >= 15 is 0 Å². The quantitative estimate of drug-likeness (QED) is 0.846. The highest BCUT2D eigenvalue weighted by Crippen LogP contribution is 2.20. The summed E-state index contributed by atoms with van der Waals surface area (Å²) in [7, 11) is 0.828. The van der Waals surface area contributed by atoms with Crippen LogP contribution in [0.1, 0.15) is 25.0 Å². The summed E-state index contributed by atoms with van der Waals surface area (Å²) in [5.41, 5.74) is 7.68. The number of hydrogen-bond donors (Lipinski definition) is 1. The van der Waals surface area contributed by atoms with Gasteiger partial charge in [-0.2, -0.15) is 0 Å². The first-order chi connectivity index (χ1) is 8.06. The molecule has 96 valence electrons. The van der Waals surface area contributed by atoms with Crippen molar-refractivity contribution in [3.05, 3.63) is 29.3 Å². The van der Waals surface area contributed by atoms with Gasteiger partial charge in [-0.05, 0) is 23.6 Å². The van der Waals surface area contributed by atoms with Crippen LogP contribution in [0.25, 0.3) is 0 Å². The Morgan fingerprint density at radius 1 is 1.41 bits per heavy atom. The monoisotopic (exact) mass is 255 g/mol. The highest BCUT2D eigenvalue weighted by molar-refractivity contribution is 7.84. The Kier molecular flexibility index (Phi) is 5.65. The standard InChI is InChI=1S/C13H21NO2S/c1-10(2)8-17(15)9-11-4-5-13(16-3)12(6-11)7-14/h4-6,10H,7-9,14H2,1-3H3. The van der Waals surface area contributed by atoms with Gasteiger partial charge in [0.25, 0.3) is 0 Å². The van der Waals surface area contributed by atoms with Gasteiger partial charge in [-0.15, -0.1) is 0 Å². The fourth-order valence-electron chi connectivity index (χ4n) is 1.70. The fourth-order valence-corrected chi connectivity index (χ4v) is 3.11. The minimum atomic E-state index is -0.802. The van der Waals surface area contributed by atoms with Gasteiger partial charge in [-0.1, -0.05) is 19.9 Å². The molecule has 0 saturated heterocycles. The van der Waals surface area contributed by atoms with Crippen molar-refractivity contribution in [2.75, 3.05) is 12.9 Å². The third-order valence-electron chi connectivity index (χ3n) is 2.41. The van der Waals surface area contributed by atoms with Gasteiger partial charge in [0.1, 0.15) is 5.75 Å². The number of benzene rings is 1. The maximum atomic E-state index is 11.8. The molecule has 0 aliphatic carbocycles. The lowest BCUT2D eigenvalue weighted by Gasteiger charge is -2.10. The van der Waals surface area contributed by atoms with Crippen LogP contribution in [0.4, 0.5) is 0 Å². The second kappa shape index (κ2) is 6.77. The number of hydrogen-bond acceptors (Lipinski definition) is 3. The van der Waals surface area contributed by atoms with Crippen LogP contribution < -0.4 is 10.5 Å². The molecule has 0 amide bonds. The molecule has 1 aromatic rings. The highest BCUT2D eigenvalue weighted by atomic mass is 32.2. The van der Waals surface area contributed by atoms with Crippen LogP contribution in [0.3, 0.4) is 0 Å². The lowest BCUT2D eigenvalue weighted by Crippen LogP contribution is -2.07. The minimum Gasteiger partial charge on any atom is -0.496 e. The highest BCUT2D eigenvalue weighted by Gasteiger charge is 2.07. The molecule has 1 unspecified atom stereocenters. The normalized spacial score (nSPS) is 12.8. The zero-order chi connectivity index (χ0) is 12.8. The maximum Gasteiger partial charge on any atom is 0.123 e. The number of methoxy groups -OCH3 is 1. The number of ether oxygens (including phenoxy) is 1. The molecule has 0 aliphatic rings. The number of rotatable bonds is 6. The second-order valence-corrected chi connectivity index (χ2v) is 6.00. The Labute approximate surface area is 106 Å². The molecule has 0 radical (unpaired) electrons. The van der Waals surface area contributed by atoms with E-state index in [4.69, 9.17) is 10.5 Å². The fraction of sp³-hybridized carbons (Fsp3) is 0.538. The molecule has 1 atom stereocenters. The van der Waals surface area contributed by atoms with Gasteiger partial charge >= 0.3 is 0 Å². The third-order valence-corrected chi connectivity index (χ3v) is 4.11. The van der Waals surface area contributed by atoms with E-state index in [0.29, 0.717) is 18.2 Å². The molecular weight excluding hydrogens is 234 g/mol. The first kappa shape index (κ1) is 14.2. The van der Waals surface area contributed by atoms with E-state index in [1.165, 1.54) is 0 Å². The van der Waals surface area contributed by atoms with Crippen molar-refractivity contribution >= 4 is 10.8 Å². The summed E-state index contributed by atoms with van der Waals surface area (Å²) in [6.45, 7) is 4.60. The molecule has 0 heterocycles. The third kappa shape index (κ3) is 4.48. The lowest BCUT2D eigenvalue weighted by molar-refractivity contribution is 0.409. The largest absolute Gasteiger partial charge is 0.496 e. The molecule has 0 fully saturated rings. The summed E-state index contributed by atoms with van der Waals surface area (Å²) < 4.78 is 17.0. The minimum absolute atomic E-state index is 0.438. The summed E-state index contributed by atoms with van der Waals surface area (Å²) in [6.07, 6.45) is 0. The molecule has 0 saturated carbocycles. The van der Waals surface area contributed by atoms with Crippen LogP contribution in [-0.2, 0) is 23.1 Å². The zero-order valence-electron chi connectivity index (χ0n) is 10.7. The van der Waals surface area contributed by atoms with E-state index in [2.05, 4.69) is 13.8 Å². The van der Waals surface area contributed by atoms with Crippen molar-refractivity contribution in [3.63, 3.8) is 0 Å². The smallest absolute Gasteiger partial charge is 0.123 e. The Hall–Kier alpha value is -0.870. The molecule has 0 aromatic heterocycles. The van der Waals surface area contributed by atoms with Crippen molar-refractivity contribution in [2.24, 2.45) is 11.7 Å². The summed E-state index contributed by atoms with van der Waals surface area (Å²) in [5.74, 6) is 2.59. The summed E-state index contributed by atoms with van der Waals surface area (Å²) >= 11 is 0. The maximum absolute atomic E-state index is 11.8. The summed E-state index contributed by atoms with van der Waals surface area (Å²) in [6, 6.07) is 5.83. The van der Waals surface area contributed by atoms with E-state index in [9.17, 15) is 4.21 Å². The van der Waals surface area contributed by atoms with Crippen molar-refractivity contribution < 1.29 is 8.95 Å². The van der Waals surface area contributed by atoms with E-state index in [0.717, 1.165) is 22.6 Å². The van der Waals surface area contributed by atoms with Crippen molar-refractivity contribution in [1.29, 1.82) is 0 Å². The Morgan fingerprint density at radius 2 is 2.12 bits per heavy atom. The number of nitrogens with two attached hydrogens (primary N) is 1. The molecule has 0 aliphatic heterocycles. The van der Waals surface area contributed by atoms with E-state index in [-0.39, 0.29) is 0 Å². The average molecular weight is 255 g/mol. The van der Waals surface area contributed by atoms with Crippen molar-refractivity contribution in [1.82, 2.24) is 0 Å². The van der Waals surface area contributed by atoms with Crippen LogP contribution in [-0.4, -0.2) is 17.1 Å². The van der Waals surface area contributed by atoms with Gasteiger partial charge in [-0.25, -0.2) is 0 Å². The van der Waals surface area contributed by atoms with Gasteiger partial charge in [0.15, 0.2) is 0 Å². The van der Waals surface area contributed by atoms with Crippen LogP contribution in [0, 0.1) is 5.92 Å². The second-order valence-electron chi connectivity index (χ2n) is 4.50. The van der Waals surface area contributed by atoms with Crippen LogP contribution in [0.15, 0.2) is 18.2 Å². The van der Waals surface area contributed by atoms with Crippen LogP contribution in [0.2, 0.25) is 0 Å². The molecule has 1 rings (SSSR count). The molecule has 2 N–H and O–H groups in total. The van der Waals surface area contributed by atoms with Crippen molar-refractivity contribution in [2.45, 2.75) is 26.1 Å². The Morgan fingerprint density at radius 3 is 2.65 bits per heavy atom. The van der Waals surface area contributed by atoms with Gasteiger partial charge in [-0.3, -0.25) is 4.21 Å². The molecular formula is C13H21NO2S.